The number of ether oxygens (including phenoxy) is 2. The van der Waals surface area contributed by atoms with E-state index in [9.17, 15) is 29.6 Å². The molecule has 7 rings (SSSR count). The van der Waals surface area contributed by atoms with E-state index in [1.807, 2.05) is 0 Å². The number of alkyl halides is 1. The van der Waals surface area contributed by atoms with Crippen LogP contribution in [0.3, 0.4) is 0 Å². The van der Waals surface area contributed by atoms with Gasteiger partial charge in [0.1, 0.15) is 30.5 Å². The highest BCUT2D eigenvalue weighted by Gasteiger charge is 2.78. The molecule has 4 aromatic heterocycles. The van der Waals surface area contributed by atoms with Gasteiger partial charge in [0.25, 0.3) is 11.1 Å². The third kappa shape index (κ3) is 5.08. The fraction of sp³-hybridized carbons (Fsp3) is 0.500. The second kappa shape index (κ2) is 11.0. The molecule has 0 radical (unpaired) electrons. The molecular weight excluding hydrogens is 687 g/mol. The first-order valence-corrected chi connectivity index (χ1v) is 17.9. The van der Waals surface area contributed by atoms with Gasteiger partial charge in [-0.15, -0.1) is 0 Å². The van der Waals surface area contributed by atoms with Crippen molar-refractivity contribution in [2.45, 2.75) is 54.7 Å². The molecule has 8 N–H and O–H groups in total. The Morgan fingerprint density at radius 3 is 2.56 bits per heavy atom. The smallest absolute Gasteiger partial charge is 0.325 e. The van der Waals surface area contributed by atoms with Crippen molar-refractivity contribution in [2.75, 3.05) is 12.3 Å². The quantitative estimate of drug-likeness (QED) is 0.0890. The first kappa shape index (κ1) is 31.0. The molecule has 2 aliphatic heterocycles. The maximum atomic E-state index is 15.7. The number of fused-ring (bicyclic) bond motifs is 3. The van der Waals surface area contributed by atoms with Crippen LogP contribution < -0.4 is 16.9 Å². The molecule has 11 atom stereocenters. The van der Waals surface area contributed by atoms with Crippen molar-refractivity contribution in [2.24, 2.45) is 0 Å². The highest BCUT2D eigenvalue weighted by atomic mass is 32.5. The van der Waals surface area contributed by atoms with Crippen LogP contribution >= 0.6 is 13.9 Å². The fourth-order valence-corrected chi connectivity index (χ4v) is 7.75. The van der Waals surface area contributed by atoms with Crippen molar-refractivity contribution < 1.29 is 47.4 Å². The van der Waals surface area contributed by atoms with Crippen molar-refractivity contribution in [3.8, 4) is 0 Å². The van der Waals surface area contributed by atoms with Crippen LogP contribution in [0.5, 0.6) is 0 Å². The number of aromatic nitrogens is 8. The minimum atomic E-state index is -4.38. The number of nitrogen functional groups attached to an aromatic ring is 1. The summed E-state index contributed by atoms with van der Waals surface area (Å²) in [5.41, 5.74) is 2.15. The summed E-state index contributed by atoms with van der Waals surface area (Å²) in [6.45, 7) is -5.04. The number of halogens is 1. The Labute approximate surface area is 258 Å². The van der Waals surface area contributed by atoms with Crippen molar-refractivity contribution in [3.63, 3.8) is 0 Å². The molecule has 25 heteroatoms. The van der Waals surface area contributed by atoms with Crippen LogP contribution in [-0.2, 0) is 46.7 Å². The molecule has 1 aliphatic carbocycles. The van der Waals surface area contributed by atoms with Gasteiger partial charge in [-0.1, -0.05) is 0 Å². The van der Waals surface area contributed by atoms with Gasteiger partial charge in [0.05, 0.1) is 25.6 Å². The van der Waals surface area contributed by atoms with E-state index in [2.05, 4.69) is 29.9 Å². The van der Waals surface area contributed by atoms with Gasteiger partial charge in [-0.25, -0.2) is 19.3 Å². The van der Waals surface area contributed by atoms with E-state index in [0.717, 1.165) is 23.5 Å². The largest absolute Gasteiger partial charge is 0.387 e. The molecule has 6 heterocycles. The summed E-state index contributed by atoms with van der Waals surface area (Å²) in [7, 11) is -2.89. The third-order valence-corrected chi connectivity index (χ3v) is 9.93. The third-order valence-electron chi connectivity index (χ3n) is 7.62. The van der Waals surface area contributed by atoms with E-state index in [0.29, 0.717) is 0 Å². The Morgan fingerprint density at radius 2 is 1.84 bits per heavy atom. The molecular formula is C20H22FN9O11P2S2. The maximum Gasteiger partial charge on any atom is 0.325 e. The Hall–Kier alpha value is -2.63. The lowest BCUT2D eigenvalue weighted by Gasteiger charge is -2.30. The number of aliphatic hydroxyl groups is 2. The van der Waals surface area contributed by atoms with Gasteiger partial charge < -0.3 is 49.2 Å². The van der Waals surface area contributed by atoms with Crippen LogP contribution in [0.2, 0.25) is 0 Å². The Balaban J connectivity index is 1.12. The molecule has 2 saturated heterocycles. The Bertz CT molecular complexity index is 2010. The number of rotatable bonds is 9. The summed E-state index contributed by atoms with van der Waals surface area (Å²) in [5.74, 6) is -0.236. The Morgan fingerprint density at radius 1 is 1.16 bits per heavy atom. The van der Waals surface area contributed by atoms with E-state index in [1.54, 1.807) is 0 Å². The van der Waals surface area contributed by atoms with E-state index in [1.165, 1.54) is 4.57 Å². The highest BCUT2D eigenvalue weighted by Crippen LogP contribution is 2.60. The average molecular weight is 710 g/mol. The minimum absolute atomic E-state index is 0.00134. The van der Waals surface area contributed by atoms with Crippen LogP contribution in [-0.4, -0.2) is 108 Å². The number of nitrogens with two attached hydrogens (primary N) is 1. The topological polar surface area (TPSA) is 280 Å². The molecule has 0 spiro atoms. The van der Waals surface area contributed by atoms with Crippen LogP contribution in [0, 0.1) is 0 Å². The molecule has 3 fully saturated rings. The van der Waals surface area contributed by atoms with E-state index < -0.39 is 86.3 Å². The lowest BCUT2D eigenvalue weighted by atomic mass is 10.1. The molecule has 0 amide bonds. The first-order valence-electron chi connectivity index (χ1n) is 12.8. The summed E-state index contributed by atoms with van der Waals surface area (Å²) in [6, 6.07) is 0. The number of H-pyrrole nitrogens is 2. The number of nitrogens with one attached hydrogen (secondary N) is 2. The van der Waals surface area contributed by atoms with Crippen LogP contribution in [0.1, 0.15) is 12.5 Å². The van der Waals surface area contributed by atoms with Crippen LogP contribution in [0.15, 0.2) is 28.6 Å². The molecule has 1 saturated carbocycles. The van der Waals surface area contributed by atoms with Gasteiger partial charge in [0.15, 0.2) is 53.7 Å². The number of anilines is 1. The van der Waals surface area contributed by atoms with Gasteiger partial charge in [-0.05, 0) is 23.6 Å². The zero-order valence-corrected chi connectivity index (χ0v) is 25.6. The van der Waals surface area contributed by atoms with Gasteiger partial charge in [-0.3, -0.25) is 28.2 Å². The van der Waals surface area contributed by atoms with E-state index in [-0.39, 0.29) is 28.3 Å². The summed E-state index contributed by atoms with van der Waals surface area (Å²) >= 11 is 9.93. The summed E-state index contributed by atoms with van der Waals surface area (Å²) in [6.07, 6.45) is -8.39. The summed E-state index contributed by atoms with van der Waals surface area (Å²) in [4.78, 5) is 65.8. The predicted molar refractivity (Wildman–Crippen MR) is 154 cm³/mol. The number of nitrogens with zero attached hydrogens (tertiary/aromatic N) is 6. The molecule has 20 nitrogen and oxygen atoms in total. The van der Waals surface area contributed by atoms with E-state index in [4.69, 9.17) is 52.4 Å². The zero-order chi connectivity index (χ0) is 32.0. The highest BCUT2D eigenvalue weighted by molar-refractivity contribution is 8.07. The Kier molecular flexibility index (Phi) is 7.56. The molecule has 3 unspecified atom stereocenters. The fourth-order valence-electron chi connectivity index (χ4n) is 5.49. The monoisotopic (exact) mass is 709 g/mol. The standard InChI is InChI=1S/C20H22FN9O11P2S2/c21-6-9(40-42(35)44)5(38-17(6)29-3-25-7-13(29)23-2-24-15(7)32)1-37-43(36,45)41-12-18(39-11-10(31)20(11,12)34)30-4-26-8-14(30)27-19(22)28-16(8)33/h2-6,9-12,17-18,31,34,42H,1H2,(H,35,44)(H,36,45)(H,23,24,32)(H3,22,27,28,33)/t5-,6+,9-,10?,11-,12+,17-,18-,20-,43?/m1/s1. The number of hydrogen-bond donors (Lipinski definition) is 7. The lowest BCUT2D eigenvalue weighted by Crippen LogP contribution is -2.39. The molecule has 242 valence electrons. The van der Waals surface area contributed by atoms with Crippen LogP contribution in [0.25, 0.3) is 22.3 Å². The van der Waals surface area contributed by atoms with Crippen LogP contribution in [0.4, 0.5) is 10.3 Å². The second-order valence-corrected chi connectivity index (χ2v) is 14.9. The van der Waals surface area contributed by atoms with Gasteiger partial charge in [0, 0.05) is 0 Å². The number of aliphatic hydroxyl groups excluding tert-OH is 1. The predicted octanol–water partition coefficient (Wildman–Crippen LogP) is -2.42. The van der Waals surface area contributed by atoms with Gasteiger partial charge in [-0.2, -0.15) is 4.98 Å². The summed E-state index contributed by atoms with van der Waals surface area (Å²) < 4.78 is 46.0. The summed E-state index contributed by atoms with van der Waals surface area (Å²) in [5, 5.41) is 21.4. The minimum Gasteiger partial charge on any atom is -0.387 e. The van der Waals surface area contributed by atoms with Crippen molar-refractivity contribution in [1.29, 1.82) is 0 Å². The average Bonchev–Trinajstić information content (AvgIpc) is 3.52. The van der Waals surface area contributed by atoms with Gasteiger partial charge >= 0.3 is 6.72 Å². The zero-order valence-electron chi connectivity index (χ0n) is 22.1. The maximum absolute atomic E-state index is 15.7. The van der Waals surface area contributed by atoms with Crippen molar-refractivity contribution >= 4 is 65.8 Å². The van der Waals surface area contributed by atoms with Crippen molar-refractivity contribution in [3.05, 3.63) is 39.7 Å². The number of imidazole rings is 2. The van der Waals surface area contributed by atoms with E-state index >= 15 is 4.39 Å². The molecule has 0 aromatic carbocycles. The molecule has 45 heavy (non-hydrogen) atoms. The molecule has 0 bridgehead atoms. The number of aromatic amines is 2. The molecule has 3 aliphatic rings. The second-order valence-electron chi connectivity index (χ2n) is 10.3. The first-order chi connectivity index (χ1) is 21.3. The lowest BCUT2D eigenvalue weighted by molar-refractivity contribution is -0.0911. The molecule has 4 aromatic rings. The normalized spacial score (nSPS) is 34.7. The van der Waals surface area contributed by atoms with Crippen molar-refractivity contribution in [1.82, 2.24) is 39.0 Å². The van der Waals surface area contributed by atoms with Gasteiger partial charge in [0.2, 0.25) is 5.95 Å². The number of hydrogen-bond acceptors (Lipinski definition) is 16. The SMILES string of the molecule is Nc1nc2c(ncn2[C@@H]2O[C@@H]3C(O)[C@]3(O)[C@H]2OP(O)(=S)OC[C@H]2O[C@@H](n3cnc4c(=O)[nH]cnc43)[C@@H](F)[C@@H]2O[PH](O)=S)c(=O)[nH]1.